The van der Waals surface area contributed by atoms with E-state index in [4.69, 9.17) is 9.15 Å². The maximum atomic E-state index is 5.64. The van der Waals surface area contributed by atoms with Gasteiger partial charge in [-0.05, 0) is 31.5 Å². The van der Waals surface area contributed by atoms with Crippen LogP contribution in [0.15, 0.2) is 35.3 Å². The Morgan fingerprint density at radius 1 is 1.50 bits per heavy atom. The van der Waals surface area contributed by atoms with Crippen molar-refractivity contribution in [2.75, 3.05) is 6.54 Å². The first-order valence-corrected chi connectivity index (χ1v) is 6.12. The molecule has 0 radical (unpaired) electrons. The van der Waals surface area contributed by atoms with E-state index in [1.807, 2.05) is 12.1 Å². The minimum atomic E-state index is 0.278. The Labute approximate surface area is 105 Å². The maximum Gasteiger partial charge on any atom is 0.181 e. The number of oxazole rings is 1. The number of ether oxygens (including phenoxy) is 1. The Balaban J connectivity index is 1.68. The molecule has 1 atom stereocenters. The van der Waals surface area contributed by atoms with Gasteiger partial charge in [0.05, 0.1) is 12.2 Å². The largest absolute Gasteiger partial charge is 0.486 e. The zero-order chi connectivity index (χ0) is 12.2. The highest BCUT2D eigenvalue weighted by atomic mass is 16.5. The summed E-state index contributed by atoms with van der Waals surface area (Å²) in [6.07, 6.45) is 7.16. The van der Waals surface area contributed by atoms with E-state index >= 15 is 0 Å². The van der Waals surface area contributed by atoms with E-state index in [0.29, 0.717) is 6.61 Å². The number of rotatable bonds is 4. The second-order valence-electron chi connectivity index (χ2n) is 4.29. The molecular formula is C13H15N3O2. The van der Waals surface area contributed by atoms with Crippen molar-refractivity contribution < 1.29 is 9.15 Å². The van der Waals surface area contributed by atoms with Crippen LogP contribution in [0.5, 0.6) is 5.75 Å². The van der Waals surface area contributed by atoms with E-state index in [2.05, 4.69) is 15.3 Å². The lowest BCUT2D eigenvalue weighted by Gasteiger charge is -2.09. The van der Waals surface area contributed by atoms with Crippen LogP contribution in [0.3, 0.4) is 0 Å². The highest BCUT2D eigenvalue weighted by molar-refractivity contribution is 5.18. The Kier molecular flexibility index (Phi) is 3.23. The molecule has 0 spiro atoms. The molecule has 0 amide bonds. The fourth-order valence-corrected chi connectivity index (χ4v) is 2.16. The van der Waals surface area contributed by atoms with Crippen LogP contribution >= 0.6 is 0 Å². The van der Waals surface area contributed by atoms with Crippen molar-refractivity contribution in [3.8, 4) is 5.75 Å². The van der Waals surface area contributed by atoms with Crippen molar-refractivity contribution in [3.63, 3.8) is 0 Å². The fourth-order valence-electron chi connectivity index (χ4n) is 2.16. The van der Waals surface area contributed by atoms with Crippen LogP contribution in [-0.2, 0) is 6.61 Å². The summed E-state index contributed by atoms with van der Waals surface area (Å²) < 4.78 is 11.1. The van der Waals surface area contributed by atoms with Crippen LogP contribution in [-0.4, -0.2) is 16.5 Å². The average Bonchev–Trinajstić information content (AvgIpc) is 3.08. The van der Waals surface area contributed by atoms with Crippen LogP contribution in [0.25, 0.3) is 0 Å². The number of aromatic nitrogens is 2. The SMILES string of the molecule is c1cncc(OCc2ncoc2C2CCCN2)c1. The summed E-state index contributed by atoms with van der Waals surface area (Å²) in [5.41, 5.74) is 0.859. The van der Waals surface area contributed by atoms with Crippen molar-refractivity contribution in [1.29, 1.82) is 0 Å². The predicted molar refractivity (Wildman–Crippen MR) is 65.0 cm³/mol. The van der Waals surface area contributed by atoms with Gasteiger partial charge in [-0.3, -0.25) is 4.98 Å². The molecule has 94 valence electrons. The molecular weight excluding hydrogens is 230 g/mol. The first kappa shape index (κ1) is 11.2. The lowest BCUT2D eigenvalue weighted by atomic mass is 10.1. The lowest BCUT2D eigenvalue weighted by molar-refractivity contribution is 0.294. The molecule has 1 unspecified atom stereocenters. The standard InChI is InChI=1S/C13H15N3O2/c1-3-10(7-14-5-1)17-8-12-13(18-9-16-12)11-4-2-6-15-11/h1,3,5,7,9,11,15H,2,4,6,8H2. The van der Waals surface area contributed by atoms with Crippen molar-refractivity contribution >= 4 is 0 Å². The van der Waals surface area contributed by atoms with Crippen LogP contribution in [0.1, 0.15) is 30.3 Å². The third kappa shape index (κ3) is 2.36. The summed E-state index contributed by atoms with van der Waals surface area (Å²) >= 11 is 0. The number of hydrogen-bond acceptors (Lipinski definition) is 5. The van der Waals surface area contributed by atoms with Gasteiger partial charge in [0.15, 0.2) is 6.39 Å². The van der Waals surface area contributed by atoms with E-state index in [9.17, 15) is 0 Å². The van der Waals surface area contributed by atoms with Gasteiger partial charge in [0, 0.05) is 6.20 Å². The van der Waals surface area contributed by atoms with Gasteiger partial charge in [-0.2, -0.15) is 0 Å². The third-order valence-corrected chi connectivity index (χ3v) is 3.06. The van der Waals surface area contributed by atoms with Gasteiger partial charge >= 0.3 is 0 Å². The normalized spacial score (nSPS) is 19.0. The Morgan fingerprint density at radius 3 is 3.28 bits per heavy atom. The third-order valence-electron chi connectivity index (χ3n) is 3.06. The first-order valence-electron chi connectivity index (χ1n) is 6.12. The summed E-state index contributed by atoms with van der Waals surface area (Å²) in [6.45, 7) is 1.45. The van der Waals surface area contributed by atoms with Gasteiger partial charge in [0.25, 0.3) is 0 Å². The molecule has 0 aliphatic carbocycles. The molecule has 0 aromatic carbocycles. The lowest BCUT2D eigenvalue weighted by Crippen LogP contribution is -2.14. The zero-order valence-electron chi connectivity index (χ0n) is 10.0. The molecule has 2 aromatic rings. The van der Waals surface area contributed by atoms with Crippen LogP contribution in [0.4, 0.5) is 0 Å². The number of nitrogens with zero attached hydrogens (tertiary/aromatic N) is 2. The van der Waals surface area contributed by atoms with Crippen LogP contribution in [0, 0.1) is 0 Å². The summed E-state index contributed by atoms with van der Waals surface area (Å²) in [7, 11) is 0. The fraction of sp³-hybridized carbons (Fsp3) is 0.385. The first-order chi connectivity index (χ1) is 8.93. The number of nitrogens with one attached hydrogen (secondary N) is 1. The quantitative estimate of drug-likeness (QED) is 0.893. The molecule has 1 N–H and O–H groups in total. The molecule has 3 rings (SSSR count). The molecule has 5 heteroatoms. The van der Waals surface area contributed by atoms with Crippen molar-refractivity contribution in [2.45, 2.75) is 25.5 Å². The molecule has 18 heavy (non-hydrogen) atoms. The van der Waals surface area contributed by atoms with E-state index < -0.39 is 0 Å². The second kappa shape index (κ2) is 5.18. The monoisotopic (exact) mass is 245 g/mol. The average molecular weight is 245 g/mol. The molecule has 1 aliphatic rings. The van der Waals surface area contributed by atoms with Gasteiger partial charge in [-0.1, -0.05) is 0 Å². The van der Waals surface area contributed by atoms with Crippen molar-refractivity contribution in [1.82, 2.24) is 15.3 Å². The molecule has 0 bridgehead atoms. The highest BCUT2D eigenvalue weighted by Crippen LogP contribution is 2.26. The molecule has 5 nitrogen and oxygen atoms in total. The Bertz CT molecular complexity index is 492. The summed E-state index contributed by atoms with van der Waals surface area (Å²) in [4.78, 5) is 8.23. The topological polar surface area (TPSA) is 60.2 Å². The highest BCUT2D eigenvalue weighted by Gasteiger charge is 2.23. The summed E-state index contributed by atoms with van der Waals surface area (Å²) in [6, 6.07) is 4.00. The van der Waals surface area contributed by atoms with Crippen molar-refractivity contribution in [3.05, 3.63) is 42.4 Å². The van der Waals surface area contributed by atoms with Gasteiger partial charge in [0.1, 0.15) is 23.8 Å². The van der Waals surface area contributed by atoms with E-state index in [0.717, 1.165) is 30.2 Å². The Morgan fingerprint density at radius 2 is 2.50 bits per heavy atom. The Hall–Kier alpha value is -1.88. The molecule has 0 saturated carbocycles. The second-order valence-corrected chi connectivity index (χ2v) is 4.29. The minimum absolute atomic E-state index is 0.278. The van der Waals surface area contributed by atoms with Gasteiger partial charge in [-0.25, -0.2) is 4.98 Å². The molecule has 1 aliphatic heterocycles. The van der Waals surface area contributed by atoms with Crippen molar-refractivity contribution in [2.24, 2.45) is 0 Å². The molecule has 3 heterocycles. The smallest absolute Gasteiger partial charge is 0.181 e. The van der Waals surface area contributed by atoms with Gasteiger partial charge < -0.3 is 14.5 Å². The summed E-state index contributed by atoms with van der Waals surface area (Å²) in [5.74, 6) is 1.64. The van der Waals surface area contributed by atoms with Gasteiger partial charge in [-0.15, -0.1) is 0 Å². The van der Waals surface area contributed by atoms with E-state index in [1.165, 1.54) is 12.8 Å². The van der Waals surface area contributed by atoms with Gasteiger partial charge in [0.2, 0.25) is 0 Å². The van der Waals surface area contributed by atoms with E-state index in [1.54, 1.807) is 12.4 Å². The number of hydrogen-bond donors (Lipinski definition) is 1. The molecule has 2 aromatic heterocycles. The molecule has 1 fully saturated rings. The summed E-state index contributed by atoms with van der Waals surface area (Å²) in [5, 5.41) is 3.40. The zero-order valence-corrected chi connectivity index (χ0v) is 10.0. The molecule has 1 saturated heterocycles. The van der Waals surface area contributed by atoms with E-state index in [-0.39, 0.29) is 6.04 Å². The van der Waals surface area contributed by atoms with Crippen LogP contribution < -0.4 is 10.1 Å². The number of pyridine rings is 1. The van der Waals surface area contributed by atoms with Crippen LogP contribution in [0.2, 0.25) is 0 Å². The predicted octanol–water partition coefficient (Wildman–Crippen LogP) is 2.07. The minimum Gasteiger partial charge on any atom is -0.486 e. The maximum absolute atomic E-state index is 5.64.